The van der Waals surface area contributed by atoms with Gasteiger partial charge in [-0.2, -0.15) is 5.26 Å². The third kappa shape index (κ3) is 4.23. The number of carbonyl (C=O) groups is 1. The fraction of sp³-hybridized carbons (Fsp3) is 0.385. The Labute approximate surface area is 204 Å². The Morgan fingerprint density at radius 2 is 1.97 bits per heavy atom. The fourth-order valence-electron chi connectivity index (χ4n) is 4.90. The van der Waals surface area contributed by atoms with Crippen molar-refractivity contribution in [3.8, 4) is 6.07 Å². The van der Waals surface area contributed by atoms with Gasteiger partial charge >= 0.3 is 0 Å². The van der Waals surface area contributed by atoms with Crippen molar-refractivity contribution in [2.75, 3.05) is 19.8 Å². The van der Waals surface area contributed by atoms with Gasteiger partial charge in [0.05, 0.1) is 21.8 Å². The lowest BCUT2D eigenvalue weighted by molar-refractivity contribution is -0.117. The number of thioether (sulfide) groups is 1. The molecule has 33 heavy (non-hydrogen) atoms. The second kappa shape index (κ2) is 9.76. The minimum atomic E-state index is -0.406. The lowest BCUT2D eigenvalue weighted by atomic mass is 9.72. The molecule has 2 aliphatic rings. The van der Waals surface area contributed by atoms with Gasteiger partial charge in [-0.25, -0.2) is 5.01 Å². The number of aryl methyl sites for hydroxylation is 1. The van der Waals surface area contributed by atoms with Gasteiger partial charge in [-0.3, -0.25) is 9.80 Å². The number of benzene rings is 1. The summed E-state index contributed by atoms with van der Waals surface area (Å²) < 4.78 is 1.18. The first-order chi connectivity index (χ1) is 15.9. The molecule has 0 spiro atoms. The van der Waals surface area contributed by atoms with E-state index in [0.717, 1.165) is 34.6 Å². The van der Waals surface area contributed by atoms with E-state index in [9.17, 15) is 10.1 Å². The molecule has 0 saturated heterocycles. The number of nitrogens with two attached hydrogens (primary N) is 1. The number of nitriles is 1. The van der Waals surface area contributed by atoms with Gasteiger partial charge in [-0.05, 0) is 41.7 Å². The smallest absolute Gasteiger partial charge is 0.162 e. The molecule has 1 aliphatic heterocycles. The Balaban J connectivity index is 1.92. The summed E-state index contributed by atoms with van der Waals surface area (Å²) in [6, 6.07) is 14.8. The highest BCUT2D eigenvalue weighted by molar-refractivity contribution is 8.01. The van der Waals surface area contributed by atoms with Crippen LogP contribution in [0.4, 0.5) is 0 Å². The zero-order chi connectivity index (χ0) is 23.7. The minimum absolute atomic E-state index is 0.0927. The Kier molecular flexibility index (Phi) is 6.99. The molecule has 0 bridgehead atoms. The van der Waals surface area contributed by atoms with Crippen molar-refractivity contribution < 1.29 is 4.79 Å². The fourth-order valence-corrected chi connectivity index (χ4v) is 7.28. The number of hydrazine groups is 1. The summed E-state index contributed by atoms with van der Waals surface area (Å²) in [4.78, 5) is 15.1. The maximum atomic E-state index is 13.8. The molecule has 2 atom stereocenters. The predicted octanol–water partition coefficient (Wildman–Crippen LogP) is 5.39. The maximum Gasteiger partial charge on any atom is 0.162 e. The average Bonchev–Trinajstić information content (AvgIpc) is 3.21. The molecular weight excluding hydrogens is 448 g/mol. The van der Waals surface area contributed by atoms with E-state index in [1.54, 1.807) is 23.1 Å². The van der Waals surface area contributed by atoms with Crippen molar-refractivity contribution in [1.82, 2.24) is 10.0 Å². The first-order valence-electron chi connectivity index (χ1n) is 11.3. The van der Waals surface area contributed by atoms with Crippen LogP contribution < -0.4 is 5.73 Å². The quantitative estimate of drug-likeness (QED) is 0.561. The van der Waals surface area contributed by atoms with Crippen molar-refractivity contribution in [1.29, 1.82) is 5.26 Å². The lowest BCUT2D eigenvalue weighted by Gasteiger charge is -2.43. The van der Waals surface area contributed by atoms with Crippen molar-refractivity contribution in [3.05, 3.63) is 75.1 Å². The van der Waals surface area contributed by atoms with E-state index >= 15 is 0 Å². The van der Waals surface area contributed by atoms with Crippen LogP contribution in [-0.2, 0) is 11.2 Å². The average molecular weight is 479 g/mol. The Morgan fingerprint density at radius 3 is 2.58 bits per heavy atom. The van der Waals surface area contributed by atoms with Gasteiger partial charge < -0.3 is 5.73 Å². The second-order valence-corrected chi connectivity index (χ2v) is 11.2. The number of hydrogen-bond acceptors (Lipinski definition) is 7. The molecule has 7 heteroatoms. The molecule has 172 valence electrons. The summed E-state index contributed by atoms with van der Waals surface area (Å²) in [5.74, 6) is 1.15. The van der Waals surface area contributed by atoms with Gasteiger partial charge in [0.25, 0.3) is 0 Å². The summed E-state index contributed by atoms with van der Waals surface area (Å²) in [6.07, 6.45) is 2.08. The van der Waals surface area contributed by atoms with Crippen LogP contribution in [-0.4, -0.2) is 35.6 Å². The van der Waals surface area contributed by atoms with Gasteiger partial charge in [-0.1, -0.05) is 44.2 Å². The molecule has 0 fully saturated rings. The summed E-state index contributed by atoms with van der Waals surface area (Å²) in [5, 5.41) is 14.0. The van der Waals surface area contributed by atoms with Crippen LogP contribution in [0.2, 0.25) is 0 Å². The number of rotatable bonds is 6. The van der Waals surface area contributed by atoms with Crippen LogP contribution in [0.25, 0.3) is 0 Å². The van der Waals surface area contributed by atoms with Gasteiger partial charge in [0.15, 0.2) is 5.78 Å². The van der Waals surface area contributed by atoms with Crippen LogP contribution in [0.5, 0.6) is 0 Å². The highest BCUT2D eigenvalue weighted by Gasteiger charge is 2.44. The zero-order valence-corrected chi connectivity index (χ0v) is 21.2. The van der Waals surface area contributed by atoms with Gasteiger partial charge in [0.1, 0.15) is 5.82 Å². The summed E-state index contributed by atoms with van der Waals surface area (Å²) in [6.45, 7) is 4.27. The number of carbonyl (C=O) groups excluding carboxylic acids is 1. The molecule has 0 unspecified atom stereocenters. The molecule has 2 aromatic rings. The van der Waals surface area contributed by atoms with E-state index < -0.39 is 5.92 Å². The Hall–Kier alpha value is -2.53. The second-order valence-electron chi connectivity index (χ2n) is 8.54. The summed E-state index contributed by atoms with van der Waals surface area (Å²) in [5.41, 5.74) is 11.0. The monoisotopic (exact) mass is 478 g/mol. The molecule has 0 saturated carbocycles. The molecule has 1 aromatic carbocycles. The van der Waals surface area contributed by atoms with Crippen molar-refractivity contribution in [3.63, 3.8) is 0 Å². The van der Waals surface area contributed by atoms with Crippen LogP contribution in [0.15, 0.2) is 63.3 Å². The van der Waals surface area contributed by atoms with Crippen LogP contribution >= 0.6 is 23.1 Å². The number of allylic oxidation sites excluding steroid dienone is 3. The van der Waals surface area contributed by atoms with E-state index in [2.05, 4.69) is 38.1 Å². The molecule has 1 aromatic heterocycles. The molecular formula is C26H30N4OS2. The molecule has 2 N–H and O–H groups in total. The summed E-state index contributed by atoms with van der Waals surface area (Å²) >= 11 is 3.55. The molecule has 0 amide bonds. The van der Waals surface area contributed by atoms with E-state index in [1.807, 2.05) is 42.3 Å². The standard InChI is InChI=1S/C26H30N4OS2/c1-5-18-14-19(26(33-18)32-6-2)23-20(15-27)25(28)30(29(3)4)21-12-17(13-22(31)24(21)23)16-10-8-7-9-11-16/h7-11,14,17,23H,5-6,12-13,28H2,1-4H3/t17-,23+/m0/s1. The molecule has 0 radical (unpaired) electrons. The predicted molar refractivity (Wildman–Crippen MR) is 136 cm³/mol. The largest absolute Gasteiger partial charge is 0.383 e. The molecule has 4 rings (SSSR count). The van der Waals surface area contributed by atoms with Gasteiger partial charge in [0.2, 0.25) is 0 Å². The van der Waals surface area contributed by atoms with Gasteiger partial charge in [-0.15, -0.1) is 23.1 Å². The Morgan fingerprint density at radius 1 is 1.24 bits per heavy atom. The maximum absolute atomic E-state index is 13.8. The SMILES string of the molecule is CCSc1sc(CC)cc1[C@@H]1C(C#N)=C(N)N(N(C)C)C2=C1C(=O)C[C@@H](c1ccccc1)C2. The van der Waals surface area contributed by atoms with E-state index in [-0.39, 0.29) is 11.7 Å². The third-order valence-corrected chi connectivity index (χ3v) is 8.80. The first kappa shape index (κ1) is 23.6. The van der Waals surface area contributed by atoms with Crippen molar-refractivity contribution in [2.45, 2.75) is 49.2 Å². The van der Waals surface area contributed by atoms with Gasteiger partial charge in [0, 0.05) is 36.7 Å². The van der Waals surface area contributed by atoms with E-state index in [4.69, 9.17) is 5.73 Å². The van der Waals surface area contributed by atoms with Crippen LogP contribution in [0, 0.1) is 11.3 Å². The third-order valence-electron chi connectivity index (χ3n) is 6.32. The first-order valence-corrected chi connectivity index (χ1v) is 13.1. The number of nitrogens with zero attached hydrogens (tertiary/aromatic N) is 3. The van der Waals surface area contributed by atoms with E-state index in [1.165, 1.54) is 9.09 Å². The number of hydrogen-bond donors (Lipinski definition) is 1. The minimum Gasteiger partial charge on any atom is -0.383 e. The molecule has 1 aliphatic carbocycles. The zero-order valence-electron chi connectivity index (χ0n) is 19.6. The van der Waals surface area contributed by atoms with Crippen molar-refractivity contribution >= 4 is 28.9 Å². The number of thiophene rings is 1. The lowest BCUT2D eigenvalue weighted by Crippen LogP contribution is -2.46. The van der Waals surface area contributed by atoms with Crippen molar-refractivity contribution in [2.24, 2.45) is 5.73 Å². The molecule has 5 nitrogen and oxygen atoms in total. The van der Waals surface area contributed by atoms with Crippen LogP contribution in [0.3, 0.4) is 0 Å². The van der Waals surface area contributed by atoms with E-state index in [0.29, 0.717) is 24.2 Å². The highest BCUT2D eigenvalue weighted by atomic mass is 32.2. The topological polar surface area (TPSA) is 73.4 Å². The Bertz CT molecular complexity index is 1160. The number of Topliss-reactive ketones (excluding diaryl/α,β-unsaturated/α-hetero) is 1. The summed E-state index contributed by atoms with van der Waals surface area (Å²) in [7, 11) is 3.81. The van der Waals surface area contributed by atoms with Crippen LogP contribution in [0.1, 0.15) is 54.5 Å². The highest BCUT2D eigenvalue weighted by Crippen LogP contribution is 2.51. The molecule has 2 heterocycles. The number of ketones is 1. The normalized spacial score (nSPS) is 21.0.